The number of hydrogen-bond donors (Lipinski definition) is 2. The van der Waals surface area contributed by atoms with Crippen molar-refractivity contribution in [1.82, 2.24) is 9.97 Å². The standard InChI is InChI=1S/C18H14ClN5/c1-12-21-17(23-15-6-2-13(11-20)3-7-15)10-18(22-12)24-16-8-4-14(19)5-9-16/h2-10H,1H3,(H2,21,22,23,24). The van der Waals surface area contributed by atoms with Crippen LogP contribution in [0.3, 0.4) is 0 Å². The van der Waals surface area contributed by atoms with Crippen LogP contribution in [0.2, 0.25) is 5.02 Å². The Hall–Kier alpha value is -3.10. The first kappa shape index (κ1) is 15.8. The highest BCUT2D eigenvalue weighted by Gasteiger charge is 2.04. The lowest BCUT2D eigenvalue weighted by atomic mass is 10.2. The fraction of sp³-hybridized carbons (Fsp3) is 0.0556. The summed E-state index contributed by atoms with van der Waals surface area (Å²) < 4.78 is 0. The van der Waals surface area contributed by atoms with Gasteiger partial charge in [-0.25, -0.2) is 9.97 Å². The molecule has 1 aromatic heterocycles. The summed E-state index contributed by atoms with van der Waals surface area (Å²) in [5.74, 6) is 2.00. The van der Waals surface area contributed by atoms with E-state index in [-0.39, 0.29) is 0 Å². The van der Waals surface area contributed by atoms with E-state index in [1.807, 2.05) is 49.4 Å². The van der Waals surface area contributed by atoms with Crippen molar-refractivity contribution in [3.63, 3.8) is 0 Å². The van der Waals surface area contributed by atoms with Crippen LogP contribution in [0.15, 0.2) is 54.6 Å². The quantitative estimate of drug-likeness (QED) is 0.716. The smallest absolute Gasteiger partial charge is 0.136 e. The van der Waals surface area contributed by atoms with Crippen LogP contribution in [0.25, 0.3) is 0 Å². The van der Waals surface area contributed by atoms with Gasteiger partial charge in [0.15, 0.2) is 0 Å². The van der Waals surface area contributed by atoms with Gasteiger partial charge in [-0.3, -0.25) is 0 Å². The minimum absolute atomic E-state index is 0.615. The van der Waals surface area contributed by atoms with Gasteiger partial charge in [-0.05, 0) is 55.5 Å². The molecule has 118 valence electrons. The number of anilines is 4. The summed E-state index contributed by atoms with van der Waals surface area (Å²) in [4.78, 5) is 8.76. The maximum Gasteiger partial charge on any atom is 0.136 e. The molecule has 0 saturated heterocycles. The minimum Gasteiger partial charge on any atom is -0.340 e. The molecule has 0 radical (unpaired) electrons. The van der Waals surface area contributed by atoms with Crippen LogP contribution in [0, 0.1) is 18.3 Å². The van der Waals surface area contributed by atoms with Crippen LogP contribution < -0.4 is 10.6 Å². The van der Waals surface area contributed by atoms with Gasteiger partial charge < -0.3 is 10.6 Å². The lowest BCUT2D eigenvalue weighted by molar-refractivity contribution is 1.06. The van der Waals surface area contributed by atoms with Crippen LogP contribution in [0.5, 0.6) is 0 Å². The number of rotatable bonds is 4. The molecular formula is C18H14ClN5. The lowest BCUT2D eigenvalue weighted by Crippen LogP contribution is -2.01. The van der Waals surface area contributed by atoms with Crippen molar-refractivity contribution in [3.8, 4) is 6.07 Å². The fourth-order valence-electron chi connectivity index (χ4n) is 2.15. The van der Waals surface area contributed by atoms with E-state index < -0.39 is 0 Å². The number of hydrogen-bond acceptors (Lipinski definition) is 5. The molecule has 1 heterocycles. The van der Waals surface area contributed by atoms with Crippen molar-refractivity contribution in [2.45, 2.75) is 6.92 Å². The normalized spacial score (nSPS) is 10.0. The first-order chi connectivity index (χ1) is 11.6. The summed E-state index contributed by atoms with van der Waals surface area (Å²) in [5, 5.41) is 16.0. The first-order valence-corrected chi connectivity index (χ1v) is 7.66. The number of aromatic nitrogens is 2. The highest BCUT2D eigenvalue weighted by Crippen LogP contribution is 2.21. The molecule has 0 unspecified atom stereocenters. The molecule has 24 heavy (non-hydrogen) atoms. The Kier molecular flexibility index (Phi) is 4.59. The van der Waals surface area contributed by atoms with Crippen molar-refractivity contribution in [2.24, 2.45) is 0 Å². The first-order valence-electron chi connectivity index (χ1n) is 7.28. The van der Waals surface area contributed by atoms with E-state index >= 15 is 0 Å². The number of benzene rings is 2. The van der Waals surface area contributed by atoms with Crippen molar-refractivity contribution in [3.05, 3.63) is 71.0 Å². The summed E-state index contributed by atoms with van der Waals surface area (Å²) in [6, 6.07) is 18.5. The average Bonchev–Trinajstić information content (AvgIpc) is 2.57. The summed E-state index contributed by atoms with van der Waals surface area (Å²) in [7, 11) is 0. The molecule has 6 heteroatoms. The third-order valence-corrected chi connectivity index (χ3v) is 3.49. The highest BCUT2D eigenvalue weighted by atomic mass is 35.5. The molecule has 0 aliphatic carbocycles. The van der Waals surface area contributed by atoms with Gasteiger partial charge in [-0.1, -0.05) is 11.6 Å². The summed E-state index contributed by atoms with van der Waals surface area (Å²) >= 11 is 5.89. The molecule has 2 N–H and O–H groups in total. The van der Waals surface area contributed by atoms with E-state index in [1.165, 1.54) is 0 Å². The molecule has 3 rings (SSSR count). The maximum atomic E-state index is 8.84. The summed E-state index contributed by atoms with van der Waals surface area (Å²) in [6.45, 7) is 1.83. The van der Waals surface area contributed by atoms with Crippen molar-refractivity contribution < 1.29 is 0 Å². The molecule has 3 aromatic rings. The third kappa shape index (κ3) is 4.00. The molecule has 2 aromatic carbocycles. The molecule has 0 aliphatic rings. The SMILES string of the molecule is Cc1nc(Nc2ccc(Cl)cc2)cc(Nc2ccc(C#N)cc2)n1. The second-order valence-corrected chi connectivity index (χ2v) is 5.57. The lowest BCUT2D eigenvalue weighted by Gasteiger charge is -2.10. The van der Waals surface area contributed by atoms with Crippen LogP contribution in [0.1, 0.15) is 11.4 Å². The van der Waals surface area contributed by atoms with E-state index in [2.05, 4.69) is 26.7 Å². The van der Waals surface area contributed by atoms with E-state index in [4.69, 9.17) is 16.9 Å². The number of halogens is 1. The van der Waals surface area contributed by atoms with Gasteiger partial charge in [-0.2, -0.15) is 5.26 Å². The second kappa shape index (κ2) is 6.99. The summed E-state index contributed by atoms with van der Waals surface area (Å²) in [6.07, 6.45) is 0. The van der Waals surface area contributed by atoms with Crippen LogP contribution in [-0.2, 0) is 0 Å². The van der Waals surface area contributed by atoms with Gasteiger partial charge >= 0.3 is 0 Å². The number of nitrogens with one attached hydrogen (secondary N) is 2. The van der Waals surface area contributed by atoms with Crippen molar-refractivity contribution >= 4 is 34.6 Å². The Morgan fingerprint density at radius 3 is 1.88 bits per heavy atom. The zero-order chi connectivity index (χ0) is 16.9. The second-order valence-electron chi connectivity index (χ2n) is 5.13. The molecule has 0 spiro atoms. The molecule has 5 nitrogen and oxygen atoms in total. The van der Waals surface area contributed by atoms with E-state index in [1.54, 1.807) is 12.1 Å². The van der Waals surface area contributed by atoms with Crippen molar-refractivity contribution in [1.29, 1.82) is 5.26 Å². The molecule has 0 atom stereocenters. The number of aryl methyl sites for hydroxylation is 1. The van der Waals surface area contributed by atoms with E-state index in [9.17, 15) is 0 Å². The molecule has 0 bridgehead atoms. The molecule has 0 fully saturated rings. The fourth-order valence-corrected chi connectivity index (χ4v) is 2.28. The summed E-state index contributed by atoms with van der Waals surface area (Å²) in [5.41, 5.74) is 2.36. The van der Waals surface area contributed by atoms with Crippen LogP contribution in [-0.4, -0.2) is 9.97 Å². The Balaban J connectivity index is 1.80. The Bertz CT molecular complexity index is 883. The predicted molar refractivity (Wildman–Crippen MR) is 95.9 cm³/mol. The Morgan fingerprint density at radius 1 is 0.875 bits per heavy atom. The average molecular weight is 336 g/mol. The van der Waals surface area contributed by atoms with Gasteiger partial charge in [0.2, 0.25) is 0 Å². The van der Waals surface area contributed by atoms with Gasteiger partial charge in [-0.15, -0.1) is 0 Å². The monoisotopic (exact) mass is 335 g/mol. The van der Waals surface area contributed by atoms with Gasteiger partial charge in [0.1, 0.15) is 17.5 Å². The third-order valence-electron chi connectivity index (χ3n) is 3.24. The molecule has 0 aliphatic heterocycles. The number of nitrogens with zero attached hydrogens (tertiary/aromatic N) is 3. The zero-order valence-electron chi connectivity index (χ0n) is 12.9. The Morgan fingerprint density at radius 2 is 1.38 bits per heavy atom. The van der Waals surface area contributed by atoms with E-state index in [0.717, 1.165) is 11.4 Å². The topological polar surface area (TPSA) is 73.6 Å². The molecule has 0 amide bonds. The maximum absolute atomic E-state index is 8.84. The minimum atomic E-state index is 0.615. The Labute approximate surface area is 145 Å². The van der Waals surface area contributed by atoms with Gasteiger partial charge in [0.05, 0.1) is 11.6 Å². The van der Waals surface area contributed by atoms with Crippen LogP contribution >= 0.6 is 11.6 Å². The zero-order valence-corrected chi connectivity index (χ0v) is 13.7. The van der Waals surface area contributed by atoms with Gasteiger partial charge in [0, 0.05) is 22.5 Å². The number of nitriles is 1. The van der Waals surface area contributed by atoms with Gasteiger partial charge in [0.25, 0.3) is 0 Å². The highest BCUT2D eigenvalue weighted by molar-refractivity contribution is 6.30. The van der Waals surface area contributed by atoms with E-state index in [0.29, 0.717) is 28.0 Å². The van der Waals surface area contributed by atoms with Crippen molar-refractivity contribution in [2.75, 3.05) is 10.6 Å². The van der Waals surface area contributed by atoms with Crippen LogP contribution in [0.4, 0.5) is 23.0 Å². The predicted octanol–water partition coefficient (Wildman–Crippen LogP) is 4.80. The largest absolute Gasteiger partial charge is 0.340 e. The molecular weight excluding hydrogens is 322 g/mol. The molecule has 0 saturated carbocycles.